The Morgan fingerprint density at radius 1 is 1.48 bits per heavy atom. The van der Waals surface area contributed by atoms with Crippen molar-refractivity contribution in [1.29, 1.82) is 0 Å². The lowest BCUT2D eigenvalue weighted by atomic mass is 10.2. The van der Waals surface area contributed by atoms with Crippen LogP contribution in [0.15, 0.2) is 28.5 Å². The molecule has 0 spiro atoms. The van der Waals surface area contributed by atoms with Gasteiger partial charge in [0.25, 0.3) is 5.91 Å². The summed E-state index contributed by atoms with van der Waals surface area (Å²) in [5.74, 6) is -0.290. The quantitative estimate of drug-likeness (QED) is 0.763. The molecule has 0 aliphatic rings. The molecular formula is C14H18N4O2S. The second-order valence-corrected chi connectivity index (χ2v) is 5.51. The number of aromatic nitrogens is 2. The van der Waals surface area contributed by atoms with Gasteiger partial charge in [0.15, 0.2) is 5.13 Å². The van der Waals surface area contributed by atoms with Gasteiger partial charge in [-0.15, -0.1) is 11.3 Å². The molecule has 0 aliphatic carbocycles. The summed E-state index contributed by atoms with van der Waals surface area (Å²) < 4.78 is 0. The van der Waals surface area contributed by atoms with Gasteiger partial charge in [0.05, 0.1) is 11.3 Å². The van der Waals surface area contributed by atoms with Crippen LogP contribution in [-0.2, 0) is 0 Å². The first-order valence-corrected chi connectivity index (χ1v) is 7.67. The molecule has 0 aliphatic heterocycles. The number of rotatable bonds is 6. The first-order chi connectivity index (χ1) is 10.1. The van der Waals surface area contributed by atoms with Crippen LogP contribution in [0.4, 0.5) is 5.13 Å². The number of nitrogens with one attached hydrogen (secondary N) is 3. The maximum Gasteiger partial charge on any atom is 0.258 e. The molecular weight excluding hydrogens is 288 g/mol. The molecule has 1 unspecified atom stereocenters. The number of thiazole rings is 1. The van der Waals surface area contributed by atoms with Crippen molar-refractivity contribution in [3.05, 3.63) is 45.3 Å². The van der Waals surface area contributed by atoms with E-state index in [0.717, 1.165) is 18.7 Å². The highest BCUT2D eigenvalue weighted by Gasteiger charge is 2.12. The molecule has 2 aromatic heterocycles. The molecule has 0 bridgehead atoms. The highest BCUT2D eigenvalue weighted by atomic mass is 32.1. The lowest BCUT2D eigenvalue weighted by Gasteiger charge is -2.09. The predicted octanol–water partition coefficient (Wildman–Crippen LogP) is 2.14. The molecule has 0 aromatic carbocycles. The Morgan fingerprint density at radius 2 is 2.29 bits per heavy atom. The van der Waals surface area contributed by atoms with Crippen LogP contribution in [0, 0.1) is 0 Å². The summed E-state index contributed by atoms with van der Waals surface area (Å²) in [6.07, 6.45) is 2.45. The van der Waals surface area contributed by atoms with Gasteiger partial charge in [0.2, 0.25) is 5.56 Å². The molecule has 2 heterocycles. The third-order valence-corrected chi connectivity index (χ3v) is 3.71. The first kappa shape index (κ1) is 15.4. The van der Waals surface area contributed by atoms with Gasteiger partial charge in [0, 0.05) is 23.7 Å². The second kappa shape index (κ2) is 7.14. The molecule has 112 valence electrons. The van der Waals surface area contributed by atoms with Gasteiger partial charge in [-0.3, -0.25) is 14.9 Å². The van der Waals surface area contributed by atoms with Crippen molar-refractivity contribution in [2.24, 2.45) is 0 Å². The molecule has 21 heavy (non-hydrogen) atoms. The monoisotopic (exact) mass is 306 g/mol. The van der Waals surface area contributed by atoms with Crippen LogP contribution in [0.2, 0.25) is 0 Å². The number of hydrogen-bond acceptors (Lipinski definition) is 5. The molecule has 0 radical (unpaired) electrons. The number of pyridine rings is 1. The lowest BCUT2D eigenvalue weighted by molar-refractivity contribution is 0.102. The number of amides is 1. The lowest BCUT2D eigenvalue weighted by Crippen LogP contribution is -2.19. The van der Waals surface area contributed by atoms with Crippen molar-refractivity contribution < 1.29 is 4.79 Å². The number of carbonyl (C=O) groups excluding carboxylic acids is 1. The van der Waals surface area contributed by atoms with Crippen molar-refractivity contribution in [2.45, 2.75) is 26.3 Å². The van der Waals surface area contributed by atoms with Gasteiger partial charge < -0.3 is 10.3 Å². The zero-order chi connectivity index (χ0) is 15.2. The third kappa shape index (κ3) is 4.24. The van der Waals surface area contributed by atoms with Gasteiger partial charge in [-0.25, -0.2) is 4.98 Å². The Kier molecular flexibility index (Phi) is 5.24. The van der Waals surface area contributed by atoms with Crippen molar-refractivity contribution in [2.75, 3.05) is 11.9 Å². The first-order valence-electron chi connectivity index (χ1n) is 6.79. The molecule has 0 fully saturated rings. The molecule has 0 saturated heterocycles. The van der Waals surface area contributed by atoms with Crippen molar-refractivity contribution in [3.8, 4) is 0 Å². The summed E-state index contributed by atoms with van der Waals surface area (Å²) in [4.78, 5) is 29.8. The van der Waals surface area contributed by atoms with Gasteiger partial charge in [-0.05, 0) is 26.0 Å². The fourth-order valence-corrected chi connectivity index (χ4v) is 2.53. The molecule has 6 nitrogen and oxygen atoms in total. The summed E-state index contributed by atoms with van der Waals surface area (Å²) in [5, 5.41) is 8.55. The average molecular weight is 306 g/mol. The Morgan fingerprint density at radius 3 is 2.95 bits per heavy atom. The van der Waals surface area contributed by atoms with E-state index < -0.39 is 0 Å². The van der Waals surface area contributed by atoms with Crippen LogP contribution in [0.3, 0.4) is 0 Å². The Balaban J connectivity index is 2.00. The Labute approximate surface area is 126 Å². The fourth-order valence-electron chi connectivity index (χ4n) is 1.73. The van der Waals surface area contributed by atoms with E-state index in [2.05, 4.69) is 27.5 Å². The van der Waals surface area contributed by atoms with E-state index >= 15 is 0 Å². The van der Waals surface area contributed by atoms with E-state index in [9.17, 15) is 9.59 Å². The minimum Gasteiger partial charge on any atom is -0.328 e. The van der Waals surface area contributed by atoms with E-state index in [0.29, 0.717) is 10.7 Å². The summed E-state index contributed by atoms with van der Waals surface area (Å²) in [7, 11) is 0. The van der Waals surface area contributed by atoms with Gasteiger partial charge >= 0.3 is 0 Å². The van der Waals surface area contributed by atoms with Gasteiger partial charge in [-0.2, -0.15) is 0 Å². The summed E-state index contributed by atoms with van der Waals surface area (Å²) in [6.45, 7) is 5.08. The van der Waals surface area contributed by atoms with Crippen molar-refractivity contribution in [3.63, 3.8) is 0 Å². The Bertz CT molecular complexity index is 644. The second-order valence-electron chi connectivity index (χ2n) is 4.65. The average Bonchev–Trinajstić information content (AvgIpc) is 2.94. The number of nitrogens with zero attached hydrogens (tertiary/aromatic N) is 1. The molecule has 1 atom stereocenters. The molecule has 7 heteroatoms. The molecule has 2 rings (SSSR count). The van der Waals surface area contributed by atoms with E-state index in [1.807, 2.05) is 12.3 Å². The zero-order valence-corrected chi connectivity index (χ0v) is 12.8. The predicted molar refractivity (Wildman–Crippen MR) is 83.8 cm³/mol. The van der Waals surface area contributed by atoms with Crippen LogP contribution in [-0.4, -0.2) is 22.4 Å². The molecule has 3 N–H and O–H groups in total. The number of carbonyl (C=O) groups is 1. The maximum absolute atomic E-state index is 12.0. The topological polar surface area (TPSA) is 86.9 Å². The number of aromatic amines is 1. The standard InChI is InChI=1S/C14H18N4O2S/c1-3-6-15-9(2)11-8-21-14(17-11)18-13(20)10-4-5-12(19)16-7-10/h4-5,7-9,15H,3,6H2,1-2H3,(H,16,19)(H,17,18,20). The number of hydrogen-bond donors (Lipinski definition) is 3. The largest absolute Gasteiger partial charge is 0.328 e. The van der Waals surface area contributed by atoms with E-state index in [1.54, 1.807) is 0 Å². The smallest absolute Gasteiger partial charge is 0.258 e. The summed E-state index contributed by atoms with van der Waals surface area (Å²) in [6, 6.07) is 2.95. The maximum atomic E-state index is 12.0. The van der Waals surface area contributed by atoms with Gasteiger partial charge in [-0.1, -0.05) is 6.92 Å². The van der Waals surface area contributed by atoms with Crippen LogP contribution in [0.5, 0.6) is 0 Å². The fraction of sp³-hybridized carbons (Fsp3) is 0.357. The normalized spacial score (nSPS) is 12.1. The zero-order valence-electron chi connectivity index (χ0n) is 12.0. The minimum absolute atomic E-state index is 0.153. The highest BCUT2D eigenvalue weighted by Crippen LogP contribution is 2.21. The minimum atomic E-state index is -0.290. The number of anilines is 1. The molecule has 1 amide bonds. The van der Waals surface area contributed by atoms with E-state index in [1.165, 1.54) is 29.7 Å². The highest BCUT2D eigenvalue weighted by molar-refractivity contribution is 7.14. The van der Waals surface area contributed by atoms with Crippen LogP contribution < -0.4 is 16.2 Å². The van der Waals surface area contributed by atoms with E-state index in [4.69, 9.17) is 0 Å². The third-order valence-electron chi connectivity index (χ3n) is 2.93. The molecule has 0 saturated carbocycles. The van der Waals surface area contributed by atoms with Crippen LogP contribution in [0.1, 0.15) is 42.4 Å². The van der Waals surface area contributed by atoms with Crippen LogP contribution in [0.25, 0.3) is 0 Å². The summed E-state index contributed by atoms with van der Waals surface area (Å²) in [5.41, 5.74) is 1.06. The summed E-state index contributed by atoms with van der Waals surface area (Å²) >= 11 is 1.38. The molecule has 2 aromatic rings. The number of H-pyrrole nitrogens is 1. The Hall–Kier alpha value is -1.99. The van der Waals surface area contributed by atoms with E-state index in [-0.39, 0.29) is 17.5 Å². The van der Waals surface area contributed by atoms with Gasteiger partial charge in [0.1, 0.15) is 0 Å². The SMILES string of the molecule is CCCNC(C)c1csc(NC(=O)c2ccc(=O)[nH]c2)n1. The van der Waals surface area contributed by atoms with Crippen molar-refractivity contribution >= 4 is 22.4 Å². The van der Waals surface area contributed by atoms with Crippen molar-refractivity contribution in [1.82, 2.24) is 15.3 Å². The van der Waals surface area contributed by atoms with Crippen LogP contribution >= 0.6 is 11.3 Å².